The first-order valence-electron chi connectivity index (χ1n) is 20.1. The summed E-state index contributed by atoms with van der Waals surface area (Å²) in [6, 6.07) is 16.0. The Morgan fingerprint density at radius 3 is 1.25 bits per heavy atom. The van der Waals surface area contributed by atoms with Crippen molar-refractivity contribution in [2.24, 2.45) is 0 Å². The number of hydrogen-bond acceptors (Lipinski definition) is 18. The van der Waals surface area contributed by atoms with E-state index in [1.165, 1.54) is 0 Å². The molecule has 342 valence electrons. The van der Waals surface area contributed by atoms with E-state index < -0.39 is 11.9 Å². The maximum atomic E-state index is 9.51. The Balaban J connectivity index is 0.000000293. The summed E-state index contributed by atoms with van der Waals surface area (Å²) in [5.41, 5.74) is 5.18. The summed E-state index contributed by atoms with van der Waals surface area (Å²) >= 11 is 0. The van der Waals surface area contributed by atoms with Crippen molar-refractivity contribution < 1.29 is 60.6 Å². The van der Waals surface area contributed by atoms with E-state index in [1.807, 2.05) is 71.5 Å². The van der Waals surface area contributed by atoms with Crippen LogP contribution in [0.1, 0.15) is 77.6 Å². The smallest absolute Gasteiger partial charge is 0.543 e. The molecule has 0 amide bonds. The number of aliphatic carboxylic acids is 2. The second kappa shape index (κ2) is 25.1. The van der Waals surface area contributed by atoms with Crippen molar-refractivity contribution in [3.05, 3.63) is 72.3 Å². The van der Waals surface area contributed by atoms with Gasteiger partial charge in [-0.25, -0.2) is 9.97 Å². The van der Waals surface area contributed by atoms with Crippen molar-refractivity contribution in [1.29, 1.82) is 0 Å². The first-order valence-corrected chi connectivity index (χ1v) is 20.1. The molecule has 0 radical (unpaired) electrons. The Morgan fingerprint density at radius 1 is 0.635 bits per heavy atom. The van der Waals surface area contributed by atoms with E-state index in [-0.39, 0.29) is 58.4 Å². The largest absolute Gasteiger partial charge is 2.00 e. The summed E-state index contributed by atoms with van der Waals surface area (Å²) in [6.45, 7) is 13.6. The van der Waals surface area contributed by atoms with Crippen molar-refractivity contribution in [2.75, 3.05) is 48.7 Å². The van der Waals surface area contributed by atoms with E-state index in [2.05, 4.69) is 78.9 Å². The summed E-state index contributed by atoms with van der Waals surface area (Å²) in [5, 5.41) is 50.0. The Kier molecular flexibility index (Phi) is 20.4. The third kappa shape index (κ3) is 14.5. The molecular weight excluding hydrogens is 996 g/mol. The van der Waals surface area contributed by atoms with Crippen molar-refractivity contribution in [3.8, 4) is 11.5 Å². The minimum Gasteiger partial charge on any atom is -0.543 e. The van der Waals surface area contributed by atoms with Gasteiger partial charge in [0.05, 0.1) is 64.1 Å². The van der Waals surface area contributed by atoms with Crippen LogP contribution in [-0.4, -0.2) is 101 Å². The van der Waals surface area contributed by atoms with Gasteiger partial charge in [-0.2, -0.15) is 19.9 Å². The molecule has 0 aliphatic heterocycles. The number of rotatable bonds is 18. The molecule has 0 saturated carbocycles. The average Bonchev–Trinajstić information content (AvgIpc) is 3.92. The molecule has 6 aromatic rings. The number of fused-ring (bicyclic) bond motifs is 2. The maximum absolute atomic E-state index is 9.51. The second-order valence-electron chi connectivity index (χ2n) is 14.5. The zero-order chi connectivity index (χ0) is 45.3. The van der Waals surface area contributed by atoms with Gasteiger partial charge in [-0.15, -0.1) is 0 Å². The molecule has 63 heavy (non-hydrogen) atoms. The normalized spacial score (nSPS) is 11.7. The number of nitrogens with one attached hydrogen (secondary N) is 4. The quantitative estimate of drug-likeness (QED) is 0.0676. The zero-order valence-electron chi connectivity index (χ0n) is 36.6. The van der Waals surface area contributed by atoms with Crippen LogP contribution in [-0.2, 0) is 43.7 Å². The third-order valence-corrected chi connectivity index (χ3v) is 9.45. The summed E-state index contributed by atoms with van der Waals surface area (Å²) in [6.07, 6.45) is 5.12. The van der Waals surface area contributed by atoms with Gasteiger partial charge in [-0.05, 0) is 75.9 Å². The van der Waals surface area contributed by atoms with Gasteiger partial charge in [-0.1, -0.05) is 38.1 Å². The fourth-order valence-corrected chi connectivity index (χ4v) is 5.74. The van der Waals surface area contributed by atoms with Crippen LogP contribution in [0.4, 0.5) is 23.5 Å². The molecule has 0 aliphatic carbocycles. The number of aliphatic hydroxyl groups excluding tert-OH is 2. The van der Waals surface area contributed by atoms with Crippen LogP contribution in [0.2, 0.25) is 0 Å². The first kappa shape index (κ1) is 51.2. The number of carbonyl (C=O) groups excluding carboxylic acids is 2. The van der Waals surface area contributed by atoms with Gasteiger partial charge in [0.15, 0.2) is 34.0 Å². The van der Waals surface area contributed by atoms with Gasteiger partial charge >= 0.3 is 21.1 Å². The Morgan fingerprint density at radius 2 is 0.984 bits per heavy atom. The van der Waals surface area contributed by atoms with Crippen LogP contribution in [0.15, 0.2) is 61.2 Å². The van der Waals surface area contributed by atoms with Crippen LogP contribution in [0.5, 0.6) is 11.5 Å². The molecule has 0 aliphatic rings. The van der Waals surface area contributed by atoms with Gasteiger partial charge in [0, 0.05) is 25.2 Å². The predicted molar refractivity (Wildman–Crippen MR) is 232 cm³/mol. The number of carboxylic acid groups (broad SMARTS) is 2. The van der Waals surface area contributed by atoms with Crippen molar-refractivity contribution >= 4 is 57.8 Å². The van der Waals surface area contributed by atoms with E-state index in [0.717, 1.165) is 57.8 Å². The number of anilines is 4. The SMILES string of the molecule is CCC(CO)Nc1nc(NCc2ccc(OC)cc2)c2ncn(C(C)C)c2n1.CCC(CO)Nc1nc(NCc2ccc(OC)cc2)c2ncn(C(C)C)c2n1.O=C([O-])C(=O)[O-].[Pt+2]. The van der Waals surface area contributed by atoms with Gasteiger partial charge in [-0.3, -0.25) is 0 Å². The molecule has 6 rings (SSSR count). The van der Waals surface area contributed by atoms with Crippen LogP contribution < -0.4 is 41.0 Å². The topological polar surface area (TPSA) is 274 Å². The molecule has 20 nitrogen and oxygen atoms in total. The third-order valence-electron chi connectivity index (χ3n) is 9.45. The monoisotopic (exact) mass is 1050 g/mol. The van der Waals surface area contributed by atoms with Crippen LogP contribution in [0.25, 0.3) is 22.3 Å². The maximum Gasteiger partial charge on any atom is 2.00 e. The Labute approximate surface area is 380 Å². The van der Waals surface area contributed by atoms with E-state index in [4.69, 9.17) is 29.3 Å². The van der Waals surface area contributed by atoms with Gasteiger partial charge < -0.3 is 69.9 Å². The predicted octanol–water partition coefficient (Wildman–Crippen LogP) is 2.91. The van der Waals surface area contributed by atoms with E-state index in [0.29, 0.717) is 36.6 Å². The Bertz CT molecular complexity index is 2170. The molecular formula is C42H56N12O8Pt. The molecule has 0 spiro atoms. The number of ether oxygens (including phenoxy) is 2. The summed E-state index contributed by atoms with van der Waals surface area (Å²) < 4.78 is 14.4. The zero-order valence-corrected chi connectivity index (χ0v) is 38.8. The number of hydrogen-bond donors (Lipinski definition) is 6. The van der Waals surface area contributed by atoms with Crippen molar-refractivity contribution in [3.63, 3.8) is 0 Å². The van der Waals surface area contributed by atoms with Crippen LogP contribution in [0, 0.1) is 0 Å². The van der Waals surface area contributed by atoms with Gasteiger partial charge in [0.25, 0.3) is 0 Å². The molecule has 2 aromatic carbocycles. The first-order chi connectivity index (χ1) is 29.7. The minimum absolute atomic E-state index is 0. The van der Waals surface area contributed by atoms with Crippen LogP contribution in [0.3, 0.4) is 0 Å². The van der Waals surface area contributed by atoms with Crippen molar-refractivity contribution in [2.45, 2.75) is 91.6 Å². The molecule has 0 saturated heterocycles. The number of imidazole rings is 2. The number of aromatic nitrogens is 8. The second-order valence-corrected chi connectivity index (χ2v) is 14.5. The minimum atomic E-state index is -2.19. The summed E-state index contributed by atoms with van der Waals surface area (Å²) in [5.74, 6) is -0.438. The van der Waals surface area contributed by atoms with Gasteiger partial charge in [0.1, 0.15) is 11.5 Å². The van der Waals surface area contributed by atoms with Crippen LogP contribution >= 0.6 is 0 Å². The summed E-state index contributed by atoms with van der Waals surface area (Å²) in [7, 11) is 3.31. The number of carboxylic acids is 2. The molecule has 0 fully saturated rings. The summed E-state index contributed by atoms with van der Waals surface area (Å²) in [4.78, 5) is 45.4. The van der Waals surface area contributed by atoms with Gasteiger partial charge in [0.2, 0.25) is 11.9 Å². The van der Waals surface area contributed by atoms with E-state index in [1.54, 1.807) is 26.9 Å². The molecule has 6 N–H and O–H groups in total. The van der Waals surface area contributed by atoms with Crippen molar-refractivity contribution in [1.82, 2.24) is 39.0 Å². The standard InChI is InChI=1S/2C20H28N6O2.C2H2O4.Pt/c2*1-5-15(11-27)23-20-24-18(17-19(25-20)26(12-22-17)13(2)3)21-10-14-6-8-16(28-4)9-7-14;3-1(4)2(5)6;/h2*6-9,12-13,15,27H,5,10-11H2,1-4H3,(H2,21,23,24,25);(H,3,4)(H,5,6);/q;;;+2/p-2. The fourth-order valence-electron chi connectivity index (χ4n) is 5.74. The number of benzene rings is 2. The van der Waals surface area contributed by atoms with E-state index in [9.17, 15) is 10.2 Å². The fraction of sp³-hybridized carbons (Fsp3) is 0.429. The number of nitrogens with zero attached hydrogens (tertiary/aromatic N) is 8. The number of aliphatic hydroxyl groups is 2. The van der Waals surface area contributed by atoms with E-state index >= 15 is 0 Å². The average molecular weight is 1050 g/mol. The number of methoxy groups -OCH3 is 2. The molecule has 4 heterocycles. The molecule has 2 atom stereocenters. The molecule has 21 heteroatoms. The number of carbonyl (C=O) groups is 2. The molecule has 4 aromatic heterocycles. The Hall–Kier alpha value is -6.11. The molecule has 0 bridgehead atoms. The molecule has 2 unspecified atom stereocenters.